The summed E-state index contributed by atoms with van der Waals surface area (Å²) in [7, 11) is 1.55. The summed E-state index contributed by atoms with van der Waals surface area (Å²) in [5.74, 6) is 0.854. The average molecular weight is 377 g/mol. The van der Waals surface area contributed by atoms with E-state index in [0.717, 1.165) is 12.8 Å². The largest absolute Gasteiger partial charge is 0.494 e. The van der Waals surface area contributed by atoms with E-state index in [-0.39, 0.29) is 11.5 Å². The lowest BCUT2D eigenvalue weighted by Gasteiger charge is -2.31. The molecule has 2 heterocycles. The molecule has 0 aliphatic carbocycles. The molecule has 28 heavy (non-hydrogen) atoms. The van der Waals surface area contributed by atoms with Gasteiger partial charge in [0.2, 0.25) is 0 Å². The van der Waals surface area contributed by atoms with Crippen LogP contribution in [0.15, 0.2) is 53.3 Å². The predicted molar refractivity (Wildman–Crippen MR) is 108 cm³/mol. The van der Waals surface area contributed by atoms with Crippen LogP contribution in [0.1, 0.15) is 30.3 Å². The van der Waals surface area contributed by atoms with Crippen molar-refractivity contribution < 1.29 is 9.53 Å². The minimum atomic E-state index is -0.274. The summed E-state index contributed by atoms with van der Waals surface area (Å²) in [6.07, 6.45) is 2.11. The summed E-state index contributed by atoms with van der Waals surface area (Å²) < 4.78 is 6.68. The Morgan fingerprint density at radius 2 is 1.82 bits per heavy atom. The smallest absolute Gasteiger partial charge is 0.279 e. The van der Waals surface area contributed by atoms with Crippen LogP contribution in [0, 0.1) is 5.92 Å². The molecule has 1 atom stereocenters. The molecule has 0 radical (unpaired) electrons. The van der Waals surface area contributed by atoms with Gasteiger partial charge >= 0.3 is 0 Å². The number of amides is 1. The van der Waals surface area contributed by atoms with Gasteiger partial charge in [0, 0.05) is 18.5 Å². The van der Waals surface area contributed by atoms with E-state index in [4.69, 9.17) is 4.74 Å². The summed E-state index contributed by atoms with van der Waals surface area (Å²) in [5, 5.41) is 5.57. The van der Waals surface area contributed by atoms with Crippen LogP contribution in [-0.4, -0.2) is 40.8 Å². The first kappa shape index (κ1) is 18.2. The van der Waals surface area contributed by atoms with Crippen LogP contribution < -0.4 is 10.3 Å². The first-order chi connectivity index (χ1) is 13.6. The van der Waals surface area contributed by atoms with Crippen LogP contribution in [0.3, 0.4) is 0 Å². The van der Waals surface area contributed by atoms with Crippen molar-refractivity contribution in [1.29, 1.82) is 0 Å². The number of methoxy groups -OCH3 is 1. The highest BCUT2D eigenvalue weighted by atomic mass is 16.5. The fraction of sp³-hybridized carbons (Fsp3) is 0.318. The van der Waals surface area contributed by atoms with Gasteiger partial charge in [-0.1, -0.05) is 37.3 Å². The van der Waals surface area contributed by atoms with E-state index < -0.39 is 0 Å². The van der Waals surface area contributed by atoms with Crippen molar-refractivity contribution in [2.75, 3.05) is 20.2 Å². The molecule has 144 valence electrons. The maximum Gasteiger partial charge on any atom is 0.279 e. The summed E-state index contributed by atoms with van der Waals surface area (Å²) in [6.45, 7) is 3.58. The molecule has 1 aliphatic rings. The molecule has 1 amide bonds. The molecular formula is C22H23N3O3. The van der Waals surface area contributed by atoms with E-state index >= 15 is 0 Å². The van der Waals surface area contributed by atoms with Gasteiger partial charge in [0.25, 0.3) is 11.5 Å². The monoisotopic (exact) mass is 377 g/mol. The van der Waals surface area contributed by atoms with Crippen LogP contribution in [0.4, 0.5) is 0 Å². The Morgan fingerprint density at radius 1 is 1.11 bits per heavy atom. The number of likely N-dealkylation sites (tertiary alicyclic amines) is 1. The van der Waals surface area contributed by atoms with Crippen LogP contribution in [-0.2, 0) is 0 Å². The van der Waals surface area contributed by atoms with Gasteiger partial charge in [0.05, 0.1) is 12.5 Å². The minimum Gasteiger partial charge on any atom is -0.494 e. The zero-order valence-corrected chi connectivity index (χ0v) is 16.1. The molecule has 2 aromatic carbocycles. The molecule has 1 aromatic heterocycles. The predicted octanol–water partition coefficient (Wildman–Crippen LogP) is 3.27. The Kier molecular flexibility index (Phi) is 4.86. The Balaban J connectivity index is 1.92. The molecule has 0 N–H and O–H groups in total. The van der Waals surface area contributed by atoms with Gasteiger partial charge in [-0.3, -0.25) is 9.59 Å². The lowest BCUT2D eigenvalue weighted by molar-refractivity contribution is 0.0677. The van der Waals surface area contributed by atoms with Gasteiger partial charge in [-0.05, 0) is 37.0 Å². The van der Waals surface area contributed by atoms with Gasteiger partial charge in [0.1, 0.15) is 11.4 Å². The number of ether oxygens (including phenoxy) is 1. The number of para-hydroxylation sites is 2. The Morgan fingerprint density at radius 3 is 2.57 bits per heavy atom. The highest BCUT2D eigenvalue weighted by molar-refractivity contribution is 6.04. The number of nitrogens with zero attached hydrogens (tertiary/aromatic N) is 3. The third-order valence-electron chi connectivity index (χ3n) is 5.27. The number of benzene rings is 2. The van der Waals surface area contributed by atoms with E-state index in [2.05, 4.69) is 12.0 Å². The van der Waals surface area contributed by atoms with Gasteiger partial charge in [-0.25, -0.2) is 0 Å². The first-order valence-electron chi connectivity index (χ1n) is 9.55. The fourth-order valence-electron chi connectivity index (χ4n) is 3.84. The number of piperidine rings is 1. The van der Waals surface area contributed by atoms with Crippen molar-refractivity contribution in [1.82, 2.24) is 14.7 Å². The SMILES string of the molecule is COc1ccccc1-n1nc(C(=O)N2CCCC(C)C2)c2ccccc2c1=O. The number of hydrogen-bond acceptors (Lipinski definition) is 4. The first-order valence-corrected chi connectivity index (χ1v) is 9.55. The van der Waals surface area contributed by atoms with Crippen molar-refractivity contribution >= 4 is 16.7 Å². The maximum atomic E-state index is 13.3. The molecule has 6 nitrogen and oxygen atoms in total. The molecule has 0 spiro atoms. The van der Waals surface area contributed by atoms with Crippen LogP contribution in [0.25, 0.3) is 16.5 Å². The molecule has 0 saturated carbocycles. The standard InChI is InChI=1S/C22H23N3O3/c1-15-8-7-13-24(14-15)22(27)20-16-9-3-4-10-17(16)21(26)25(23-20)18-11-5-6-12-19(18)28-2/h3-6,9-12,15H,7-8,13-14H2,1-2H3. The Bertz CT molecular complexity index is 1090. The topological polar surface area (TPSA) is 64.4 Å². The number of carbonyl (C=O) groups excluding carboxylic acids is 1. The summed E-state index contributed by atoms with van der Waals surface area (Å²) >= 11 is 0. The van der Waals surface area contributed by atoms with Gasteiger partial charge < -0.3 is 9.64 Å². The lowest BCUT2D eigenvalue weighted by atomic mass is 9.99. The normalized spacial score (nSPS) is 16.9. The van der Waals surface area contributed by atoms with Gasteiger partial charge in [-0.2, -0.15) is 9.78 Å². The van der Waals surface area contributed by atoms with E-state index in [1.165, 1.54) is 4.68 Å². The average Bonchev–Trinajstić information content (AvgIpc) is 2.74. The van der Waals surface area contributed by atoms with Crippen molar-refractivity contribution in [2.24, 2.45) is 5.92 Å². The summed E-state index contributed by atoms with van der Waals surface area (Å²) in [6, 6.07) is 14.3. The van der Waals surface area contributed by atoms with E-state index in [9.17, 15) is 9.59 Å². The quantitative estimate of drug-likeness (QED) is 0.703. The maximum absolute atomic E-state index is 13.3. The van der Waals surface area contributed by atoms with Crippen LogP contribution in [0.2, 0.25) is 0 Å². The fourth-order valence-corrected chi connectivity index (χ4v) is 3.84. The zero-order valence-electron chi connectivity index (χ0n) is 16.1. The molecule has 6 heteroatoms. The second-order valence-electron chi connectivity index (χ2n) is 7.28. The van der Waals surface area contributed by atoms with Crippen molar-refractivity contribution in [3.63, 3.8) is 0 Å². The zero-order chi connectivity index (χ0) is 19.7. The van der Waals surface area contributed by atoms with E-state index in [1.807, 2.05) is 23.1 Å². The second-order valence-corrected chi connectivity index (χ2v) is 7.28. The molecule has 0 bridgehead atoms. The number of carbonyl (C=O) groups is 1. The number of aromatic nitrogens is 2. The lowest BCUT2D eigenvalue weighted by Crippen LogP contribution is -2.40. The Labute approximate surface area is 163 Å². The molecular weight excluding hydrogens is 354 g/mol. The number of rotatable bonds is 3. The highest BCUT2D eigenvalue weighted by Gasteiger charge is 2.26. The molecule has 1 saturated heterocycles. The van der Waals surface area contributed by atoms with Crippen molar-refractivity contribution in [3.05, 3.63) is 64.6 Å². The molecule has 1 aliphatic heterocycles. The summed E-state index contributed by atoms with van der Waals surface area (Å²) in [5.41, 5.74) is 0.542. The van der Waals surface area contributed by atoms with Crippen molar-refractivity contribution in [3.8, 4) is 11.4 Å². The van der Waals surface area contributed by atoms with Gasteiger partial charge in [-0.15, -0.1) is 0 Å². The third-order valence-corrected chi connectivity index (χ3v) is 5.27. The van der Waals surface area contributed by atoms with Crippen molar-refractivity contribution in [2.45, 2.75) is 19.8 Å². The molecule has 3 aromatic rings. The minimum absolute atomic E-state index is 0.133. The van der Waals surface area contributed by atoms with Gasteiger partial charge in [0.15, 0.2) is 5.69 Å². The number of hydrogen-bond donors (Lipinski definition) is 0. The molecule has 1 fully saturated rings. The molecule has 1 unspecified atom stereocenters. The highest BCUT2D eigenvalue weighted by Crippen LogP contribution is 2.24. The second kappa shape index (κ2) is 7.46. The number of fused-ring (bicyclic) bond motifs is 1. The van der Waals surface area contributed by atoms with E-state index in [1.54, 1.807) is 37.4 Å². The summed E-state index contributed by atoms with van der Waals surface area (Å²) in [4.78, 5) is 28.3. The third kappa shape index (κ3) is 3.15. The van der Waals surface area contributed by atoms with Crippen LogP contribution in [0.5, 0.6) is 5.75 Å². The Hall–Kier alpha value is -3.15. The molecule has 4 rings (SSSR count). The van der Waals surface area contributed by atoms with Crippen LogP contribution >= 0.6 is 0 Å². The van der Waals surface area contributed by atoms with E-state index in [0.29, 0.717) is 46.9 Å².